The maximum Gasteiger partial charge on any atom is 0.267 e. The van der Waals surface area contributed by atoms with Gasteiger partial charge >= 0.3 is 0 Å². The summed E-state index contributed by atoms with van der Waals surface area (Å²) in [6.45, 7) is 4.53. The fourth-order valence-corrected chi connectivity index (χ4v) is 3.70. The van der Waals surface area contributed by atoms with Gasteiger partial charge in [-0.3, -0.25) is 19.6 Å². The van der Waals surface area contributed by atoms with E-state index in [0.29, 0.717) is 18.2 Å². The van der Waals surface area contributed by atoms with Gasteiger partial charge in [-0.15, -0.1) is 0 Å². The maximum absolute atomic E-state index is 12.1. The van der Waals surface area contributed by atoms with E-state index in [2.05, 4.69) is 44.7 Å². The monoisotopic (exact) mass is 356 g/mol. The normalized spacial score (nSPS) is 18.0. The summed E-state index contributed by atoms with van der Waals surface area (Å²) in [4.78, 5) is 26.3. The summed E-state index contributed by atoms with van der Waals surface area (Å²) in [7, 11) is 0. The number of H-pyrrole nitrogens is 2. The van der Waals surface area contributed by atoms with Gasteiger partial charge in [-0.25, -0.2) is 0 Å². The number of aromatic amines is 2. The van der Waals surface area contributed by atoms with Crippen LogP contribution in [0.2, 0.25) is 0 Å². The number of carbonyl (C=O) groups is 1. The Morgan fingerprint density at radius 2 is 2.04 bits per heavy atom. The molecule has 0 aliphatic carbocycles. The Hall–Kier alpha value is -2.34. The van der Waals surface area contributed by atoms with Gasteiger partial charge in [-0.05, 0) is 38.3 Å². The van der Waals surface area contributed by atoms with E-state index in [1.54, 1.807) is 6.92 Å². The second-order valence-corrected chi connectivity index (χ2v) is 7.10. The van der Waals surface area contributed by atoms with Crippen LogP contribution < -0.4 is 10.9 Å². The summed E-state index contributed by atoms with van der Waals surface area (Å²) in [5, 5.41) is 8.24. The third-order valence-electron chi connectivity index (χ3n) is 5.20. The molecule has 6 nitrogen and oxygen atoms in total. The third kappa shape index (κ3) is 4.85. The van der Waals surface area contributed by atoms with Crippen molar-refractivity contribution in [2.24, 2.45) is 0 Å². The van der Waals surface area contributed by atoms with Crippen LogP contribution in [0.5, 0.6) is 0 Å². The van der Waals surface area contributed by atoms with Crippen LogP contribution in [0, 0.1) is 6.92 Å². The molecule has 3 rings (SSSR count). The fourth-order valence-electron chi connectivity index (χ4n) is 3.70. The SMILES string of the molecule is Cc1[nH][nH]c(=O)c1CC(=O)NCCC1CCCCN1Cc1ccccc1. The standard InChI is InChI=1S/C20H28N4O2/c1-15-18(20(26)23-22-15)13-19(25)21-11-10-17-9-5-6-12-24(17)14-16-7-3-2-4-8-16/h2-4,7-8,17H,5-6,9-14H2,1H3,(H,21,25)(H2,22,23,26). The number of rotatable bonds is 7. The summed E-state index contributed by atoms with van der Waals surface area (Å²) in [5.41, 5.74) is 2.38. The van der Waals surface area contributed by atoms with Gasteiger partial charge in [0.2, 0.25) is 5.91 Å². The molecule has 1 aliphatic rings. The minimum atomic E-state index is -0.209. The molecule has 1 amide bonds. The molecule has 1 aromatic heterocycles. The number of hydrogen-bond acceptors (Lipinski definition) is 3. The second-order valence-electron chi connectivity index (χ2n) is 7.10. The van der Waals surface area contributed by atoms with Gasteiger partial charge in [0.05, 0.1) is 6.42 Å². The van der Waals surface area contributed by atoms with Gasteiger partial charge < -0.3 is 10.4 Å². The molecule has 26 heavy (non-hydrogen) atoms. The highest BCUT2D eigenvalue weighted by atomic mass is 16.2. The molecule has 1 saturated heterocycles. The summed E-state index contributed by atoms with van der Waals surface area (Å²) in [5.74, 6) is -0.0939. The van der Waals surface area contributed by atoms with Crippen molar-refractivity contribution in [3.05, 3.63) is 57.5 Å². The highest BCUT2D eigenvalue weighted by Gasteiger charge is 2.22. The predicted octanol–water partition coefficient (Wildman–Crippen LogP) is 2.11. The van der Waals surface area contributed by atoms with Gasteiger partial charge in [0.15, 0.2) is 0 Å². The van der Waals surface area contributed by atoms with Crippen LogP contribution in [0.3, 0.4) is 0 Å². The van der Waals surface area contributed by atoms with Crippen LogP contribution in [-0.2, 0) is 17.8 Å². The van der Waals surface area contributed by atoms with E-state index < -0.39 is 0 Å². The lowest BCUT2D eigenvalue weighted by atomic mass is 9.98. The molecular formula is C20H28N4O2. The molecule has 1 unspecified atom stereocenters. The van der Waals surface area contributed by atoms with E-state index in [4.69, 9.17) is 0 Å². The van der Waals surface area contributed by atoms with Crippen molar-refractivity contribution in [3.63, 3.8) is 0 Å². The zero-order valence-electron chi connectivity index (χ0n) is 15.4. The Balaban J connectivity index is 1.47. The average molecular weight is 356 g/mol. The topological polar surface area (TPSA) is 81.0 Å². The number of piperidine rings is 1. The molecule has 1 fully saturated rings. The van der Waals surface area contributed by atoms with Crippen molar-refractivity contribution in [3.8, 4) is 0 Å². The number of hydrogen-bond donors (Lipinski definition) is 3. The lowest BCUT2D eigenvalue weighted by Crippen LogP contribution is -2.41. The van der Waals surface area contributed by atoms with Crippen LogP contribution >= 0.6 is 0 Å². The van der Waals surface area contributed by atoms with Gasteiger partial charge in [0.25, 0.3) is 5.56 Å². The molecule has 6 heteroatoms. The van der Waals surface area contributed by atoms with Crippen LogP contribution in [0.25, 0.3) is 0 Å². The lowest BCUT2D eigenvalue weighted by molar-refractivity contribution is -0.120. The Morgan fingerprint density at radius 3 is 2.77 bits per heavy atom. The minimum Gasteiger partial charge on any atom is -0.356 e. The fraction of sp³-hybridized carbons (Fsp3) is 0.500. The zero-order chi connectivity index (χ0) is 18.4. The first-order valence-corrected chi connectivity index (χ1v) is 9.44. The molecule has 140 valence electrons. The van der Waals surface area contributed by atoms with Crippen molar-refractivity contribution in [2.45, 2.75) is 51.6 Å². The highest BCUT2D eigenvalue weighted by Crippen LogP contribution is 2.21. The maximum atomic E-state index is 12.1. The summed E-state index contributed by atoms with van der Waals surface area (Å²) >= 11 is 0. The predicted molar refractivity (Wildman–Crippen MR) is 102 cm³/mol. The first-order chi connectivity index (χ1) is 12.6. The molecule has 1 aromatic carbocycles. The summed E-state index contributed by atoms with van der Waals surface area (Å²) in [6, 6.07) is 11.1. The van der Waals surface area contributed by atoms with E-state index in [9.17, 15) is 9.59 Å². The zero-order valence-corrected chi connectivity index (χ0v) is 15.4. The number of benzene rings is 1. The second kappa shape index (κ2) is 8.85. The van der Waals surface area contributed by atoms with E-state index >= 15 is 0 Å². The van der Waals surface area contributed by atoms with E-state index in [1.807, 2.05) is 6.07 Å². The van der Waals surface area contributed by atoms with Gasteiger partial charge in [-0.2, -0.15) is 0 Å². The number of likely N-dealkylation sites (tertiary alicyclic amines) is 1. The van der Waals surface area contributed by atoms with Gasteiger partial charge in [0.1, 0.15) is 0 Å². The minimum absolute atomic E-state index is 0.0939. The number of carbonyl (C=O) groups excluding carboxylic acids is 1. The molecule has 0 saturated carbocycles. The molecule has 0 radical (unpaired) electrons. The molecule has 1 aliphatic heterocycles. The quantitative estimate of drug-likeness (QED) is 0.711. The van der Waals surface area contributed by atoms with Crippen LogP contribution in [0.1, 0.15) is 42.5 Å². The molecule has 2 aromatic rings. The van der Waals surface area contributed by atoms with Crippen LogP contribution in [0.4, 0.5) is 0 Å². The molecule has 3 N–H and O–H groups in total. The largest absolute Gasteiger partial charge is 0.356 e. The Labute approximate surface area is 154 Å². The number of amides is 1. The highest BCUT2D eigenvalue weighted by molar-refractivity contribution is 5.78. The van der Waals surface area contributed by atoms with E-state index in [-0.39, 0.29) is 17.9 Å². The third-order valence-corrected chi connectivity index (χ3v) is 5.20. The summed E-state index contributed by atoms with van der Waals surface area (Å²) < 4.78 is 0. The Bertz CT molecular complexity index is 766. The van der Waals surface area contributed by atoms with Crippen molar-refractivity contribution in [1.29, 1.82) is 0 Å². The van der Waals surface area contributed by atoms with Crippen molar-refractivity contribution >= 4 is 5.91 Å². The Morgan fingerprint density at radius 1 is 1.23 bits per heavy atom. The van der Waals surface area contributed by atoms with Crippen molar-refractivity contribution in [1.82, 2.24) is 20.4 Å². The van der Waals surface area contributed by atoms with Gasteiger partial charge in [0, 0.05) is 30.4 Å². The first kappa shape index (κ1) is 18.5. The smallest absolute Gasteiger partial charge is 0.267 e. The van der Waals surface area contributed by atoms with E-state index in [1.165, 1.54) is 24.8 Å². The molecule has 0 bridgehead atoms. The van der Waals surface area contributed by atoms with Crippen molar-refractivity contribution in [2.75, 3.05) is 13.1 Å². The van der Waals surface area contributed by atoms with Crippen molar-refractivity contribution < 1.29 is 4.79 Å². The average Bonchev–Trinajstić information content (AvgIpc) is 2.96. The van der Waals surface area contributed by atoms with E-state index in [0.717, 1.165) is 25.2 Å². The van der Waals surface area contributed by atoms with Gasteiger partial charge in [-0.1, -0.05) is 36.8 Å². The summed E-state index contributed by atoms with van der Waals surface area (Å²) in [6.07, 6.45) is 4.75. The number of aromatic nitrogens is 2. The number of nitrogens with zero attached hydrogens (tertiary/aromatic N) is 1. The first-order valence-electron chi connectivity index (χ1n) is 9.44. The number of nitrogens with one attached hydrogen (secondary N) is 3. The molecular weight excluding hydrogens is 328 g/mol. The molecule has 0 spiro atoms. The van der Waals surface area contributed by atoms with Crippen LogP contribution in [0.15, 0.2) is 35.1 Å². The molecule has 1 atom stereocenters. The lowest BCUT2D eigenvalue weighted by Gasteiger charge is -2.36. The Kier molecular flexibility index (Phi) is 6.28. The number of aryl methyl sites for hydroxylation is 1. The van der Waals surface area contributed by atoms with Crippen LogP contribution in [-0.4, -0.2) is 40.1 Å². The molecule has 2 heterocycles.